The van der Waals surface area contributed by atoms with Gasteiger partial charge in [0.1, 0.15) is 0 Å². The first-order valence-corrected chi connectivity index (χ1v) is 7.57. The summed E-state index contributed by atoms with van der Waals surface area (Å²) in [5.74, 6) is 1.13. The Balaban J connectivity index is 1.80. The Morgan fingerprint density at radius 3 is 3.00 bits per heavy atom. The van der Waals surface area contributed by atoms with Crippen molar-refractivity contribution < 1.29 is 9.53 Å². The van der Waals surface area contributed by atoms with Crippen molar-refractivity contribution in [3.63, 3.8) is 0 Å². The zero-order valence-electron chi connectivity index (χ0n) is 12.5. The molecular formula is C15H25N3O2. The molecule has 5 nitrogen and oxygen atoms in total. The Morgan fingerprint density at radius 2 is 2.30 bits per heavy atom. The summed E-state index contributed by atoms with van der Waals surface area (Å²) in [5.41, 5.74) is 0.797. The van der Waals surface area contributed by atoms with Crippen LogP contribution in [0.2, 0.25) is 0 Å². The van der Waals surface area contributed by atoms with Crippen LogP contribution in [0.1, 0.15) is 39.5 Å². The molecule has 112 valence electrons. The molecule has 0 radical (unpaired) electrons. The molecule has 2 rings (SSSR count). The predicted molar refractivity (Wildman–Crippen MR) is 78.5 cm³/mol. The number of amides is 1. The van der Waals surface area contributed by atoms with Gasteiger partial charge in [0.2, 0.25) is 5.91 Å². The highest BCUT2D eigenvalue weighted by molar-refractivity contribution is 5.90. The zero-order valence-corrected chi connectivity index (χ0v) is 12.5. The quantitative estimate of drug-likeness (QED) is 0.871. The minimum atomic E-state index is 0.0740. The third-order valence-corrected chi connectivity index (χ3v) is 3.93. The Kier molecular flexibility index (Phi) is 5.59. The molecule has 1 fully saturated rings. The van der Waals surface area contributed by atoms with E-state index in [2.05, 4.69) is 24.3 Å². The van der Waals surface area contributed by atoms with Crippen molar-refractivity contribution in [2.75, 3.05) is 18.5 Å². The van der Waals surface area contributed by atoms with Gasteiger partial charge in [-0.1, -0.05) is 20.3 Å². The van der Waals surface area contributed by atoms with Crippen LogP contribution in [0.5, 0.6) is 0 Å². The standard InChI is InChI=1S/C15H25N3O2/c1-3-12(2)8-15(19)17-14-9-16-18(11-14)10-13-4-6-20-7-5-13/h9,11-13H,3-8,10H2,1-2H3,(H,17,19). The van der Waals surface area contributed by atoms with Crippen LogP contribution in [0.15, 0.2) is 12.4 Å². The smallest absolute Gasteiger partial charge is 0.224 e. The predicted octanol–water partition coefficient (Wildman–Crippen LogP) is 2.68. The first-order chi connectivity index (χ1) is 9.67. The summed E-state index contributed by atoms with van der Waals surface area (Å²) < 4.78 is 7.28. The highest BCUT2D eigenvalue weighted by atomic mass is 16.5. The van der Waals surface area contributed by atoms with Gasteiger partial charge in [0, 0.05) is 32.4 Å². The van der Waals surface area contributed by atoms with Gasteiger partial charge in [-0.05, 0) is 24.7 Å². The maximum atomic E-state index is 11.8. The summed E-state index contributed by atoms with van der Waals surface area (Å²) in [6, 6.07) is 0. The topological polar surface area (TPSA) is 56.2 Å². The number of aromatic nitrogens is 2. The second-order valence-corrected chi connectivity index (χ2v) is 5.77. The van der Waals surface area contributed by atoms with E-state index in [0.29, 0.717) is 18.3 Å². The van der Waals surface area contributed by atoms with E-state index in [4.69, 9.17) is 4.74 Å². The van der Waals surface area contributed by atoms with E-state index < -0.39 is 0 Å². The van der Waals surface area contributed by atoms with Crippen molar-refractivity contribution in [2.45, 2.75) is 46.1 Å². The third kappa shape index (κ3) is 4.63. The summed E-state index contributed by atoms with van der Waals surface area (Å²) in [7, 11) is 0. The number of nitrogens with one attached hydrogen (secondary N) is 1. The highest BCUT2D eigenvalue weighted by Crippen LogP contribution is 2.17. The molecule has 0 saturated carbocycles. The van der Waals surface area contributed by atoms with E-state index in [0.717, 1.165) is 44.7 Å². The molecule has 0 spiro atoms. The van der Waals surface area contributed by atoms with Crippen molar-refractivity contribution in [3.05, 3.63) is 12.4 Å². The summed E-state index contributed by atoms with van der Waals surface area (Å²) in [6.45, 7) is 6.80. The van der Waals surface area contributed by atoms with Crippen molar-refractivity contribution >= 4 is 11.6 Å². The van der Waals surface area contributed by atoms with Crippen LogP contribution in [0, 0.1) is 11.8 Å². The maximum absolute atomic E-state index is 11.8. The first kappa shape index (κ1) is 15.0. The fourth-order valence-electron chi connectivity index (χ4n) is 2.39. The van der Waals surface area contributed by atoms with E-state index in [1.807, 2.05) is 10.9 Å². The molecule has 1 unspecified atom stereocenters. The van der Waals surface area contributed by atoms with Gasteiger partial charge in [-0.25, -0.2) is 0 Å². The number of ether oxygens (including phenoxy) is 1. The van der Waals surface area contributed by atoms with E-state index in [1.54, 1.807) is 6.20 Å². The number of rotatable bonds is 6. The van der Waals surface area contributed by atoms with Gasteiger partial charge in [0.25, 0.3) is 0 Å². The normalized spacial score (nSPS) is 17.9. The van der Waals surface area contributed by atoms with Gasteiger partial charge in [0.15, 0.2) is 0 Å². The number of anilines is 1. The second-order valence-electron chi connectivity index (χ2n) is 5.77. The lowest BCUT2D eigenvalue weighted by Crippen LogP contribution is -2.20. The average Bonchev–Trinajstić information content (AvgIpc) is 2.86. The molecule has 20 heavy (non-hydrogen) atoms. The molecule has 0 bridgehead atoms. The van der Waals surface area contributed by atoms with Crippen LogP contribution in [0.3, 0.4) is 0 Å². The Morgan fingerprint density at radius 1 is 1.55 bits per heavy atom. The lowest BCUT2D eigenvalue weighted by Gasteiger charge is -2.21. The molecule has 2 heterocycles. The van der Waals surface area contributed by atoms with Crippen LogP contribution in [-0.4, -0.2) is 28.9 Å². The van der Waals surface area contributed by atoms with Gasteiger partial charge in [-0.3, -0.25) is 9.48 Å². The van der Waals surface area contributed by atoms with Gasteiger partial charge in [0.05, 0.1) is 11.9 Å². The van der Waals surface area contributed by atoms with Gasteiger partial charge >= 0.3 is 0 Å². The molecule has 1 saturated heterocycles. The molecule has 1 aromatic rings. The van der Waals surface area contributed by atoms with Crippen LogP contribution in [-0.2, 0) is 16.1 Å². The Hall–Kier alpha value is -1.36. The molecule has 0 aromatic carbocycles. The van der Waals surface area contributed by atoms with Gasteiger partial charge in [-0.15, -0.1) is 0 Å². The molecular weight excluding hydrogens is 254 g/mol. The van der Waals surface area contributed by atoms with Crippen molar-refractivity contribution in [1.82, 2.24) is 9.78 Å². The van der Waals surface area contributed by atoms with Crippen LogP contribution in [0.25, 0.3) is 0 Å². The van der Waals surface area contributed by atoms with Gasteiger partial charge < -0.3 is 10.1 Å². The number of carbonyl (C=O) groups excluding carboxylic acids is 1. The monoisotopic (exact) mass is 279 g/mol. The maximum Gasteiger partial charge on any atom is 0.224 e. The lowest BCUT2D eigenvalue weighted by atomic mass is 10.0. The number of nitrogens with zero attached hydrogens (tertiary/aromatic N) is 2. The van der Waals surface area contributed by atoms with Crippen molar-refractivity contribution in [2.24, 2.45) is 11.8 Å². The number of carbonyl (C=O) groups is 1. The fourth-order valence-corrected chi connectivity index (χ4v) is 2.39. The fraction of sp³-hybridized carbons (Fsp3) is 0.733. The average molecular weight is 279 g/mol. The van der Waals surface area contributed by atoms with Gasteiger partial charge in [-0.2, -0.15) is 5.10 Å². The van der Waals surface area contributed by atoms with E-state index in [-0.39, 0.29) is 5.91 Å². The van der Waals surface area contributed by atoms with Crippen LogP contribution >= 0.6 is 0 Å². The Bertz CT molecular complexity index is 425. The number of hydrogen-bond acceptors (Lipinski definition) is 3. The van der Waals surface area contributed by atoms with Crippen molar-refractivity contribution in [3.8, 4) is 0 Å². The summed E-state index contributed by atoms with van der Waals surface area (Å²) >= 11 is 0. The zero-order chi connectivity index (χ0) is 14.4. The largest absolute Gasteiger partial charge is 0.381 e. The van der Waals surface area contributed by atoms with Crippen LogP contribution < -0.4 is 5.32 Å². The molecule has 1 aliphatic rings. The minimum Gasteiger partial charge on any atom is -0.381 e. The molecule has 5 heteroatoms. The van der Waals surface area contributed by atoms with E-state index in [9.17, 15) is 4.79 Å². The molecule has 1 N–H and O–H groups in total. The summed E-state index contributed by atoms with van der Waals surface area (Å²) in [6.07, 6.45) is 7.43. The SMILES string of the molecule is CCC(C)CC(=O)Nc1cnn(CC2CCOCC2)c1. The minimum absolute atomic E-state index is 0.0740. The molecule has 1 amide bonds. The summed E-state index contributed by atoms with van der Waals surface area (Å²) in [4.78, 5) is 11.8. The molecule has 0 aliphatic carbocycles. The summed E-state index contributed by atoms with van der Waals surface area (Å²) in [5, 5.41) is 7.24. The van der Waals surface area contributed by atoms with Crippen LogP contribution in [0.4, 0.5) is 5.69 Å². The van der Waals surface area contributed by atoms with Crippen molar-refractivity contribution in [1.29, 1.82) is 0 Å². The number of hydrogen-bond donors (Lipinski definition) is 1. The Labute approximate surface area is 120 Å². The first-order valence-electron chi connectivity index (χ1n) is 7.57. The highest BCUT2D eigenvalue weighted by Gasteiger charge is 2.15. The third-order valence-electron chi connectivity index (χ3n) is 3.93. The molecule has 1 atom stereocenters. The van der Waals surface area contributed by atoms with E-state index in [1.165, 1.54) is 0 Å². The molecule has 1 aliphatic heterocycles. The second kappa shape index (κ2) is 7.43. The van der Waals surface area contributed by atoms with E-state index >= 15 is 0 Å². The lowest BCUT2D eigenvalue weighted by molar-refractivity contribution is -0.117. The molecule has 1 aromatic heterocycles.